The molecule has 8 heteroatoms. The number of aliphatic carboxylic acids is 1. The fourth-order valence-corrected chi connectivity index (χ4v) is 2.73. The molecular weight excluding hydrogens is 344 g/mol. The summed E-state index contributed by atoms with van der Waals surface area (Å²) in [7, 11) is 1.57. The molecule has 0 saturated carbocycles. The third-order valence-corrected chi connectivity index (χ3v) is 4.47. The van der Waals surface area contributed by atoms with Crippen molar-refractivity contribution in [1.29, 1.82) is 0 Å². The molecule has 1 aromatic carbocycles. The largest absolute Gasteiger partial charge is 0.497 e. The molecule has 2 amide bonds. The Kier molecular flexibility index (Phi) is 8.27. The van der Waals surface area contributed by atoms with E-state index >= 15 is 0 Å². The molecule has 0 aliphatic carbocycles. The van der Waals surface area contributed by atoms with Crippen LogP contribution in [-0.2, 0) is 9.59 Å². The number of ether oxygens (including phenoxy) is 1. The van der Waals surface area contributed by atoms with Crippen LogP contribution in [0.3, 0.4) is 0 Å². The van der Waals surface area contributed by atoms with Crippen LogP contribution in [0.2, 0.25) is 0 Å². The summed E-state index contributed by atoms with van der Waals surface area (Å²) in [6.45, 7) is 5.04. The molecule has 1 aromatic rings. The number of carboxylic acid groups (broad SMARTS) is 1. The second-order valence-electron chi connectivity index (χ2n) is 5.49. The average molecular weight is 368 g/mol. The lowest BCUT2D eigenvalue weighted by Crippen LogP contribution is -2.48. The second kappa shape index (κ2) is 9.93. The number of rotatable bonds is 8. The van der Waals surface area contributed by atoms with Crippen molar-refractivity contribution in [2.75, 3.05) is 19.4 Å². The number of carbonyl (C=O) groups is 3. The smallest absolute Gasteiger partial charge is 0.325 e. The molecule has 1 rings (SSSR count). The number of carboxylic acids is 1. The van der Waals surface area contributed by atoms with Crippen LogP contribution >= 0.6 is 11.8 Å². The number of nitrogens with zero attached hydrogens (tertiary/aromatic N) is 1. The van der Waals surface area contributed by atoms with E-state index in [1.54, 1.807) is 19.2 Å². The van der Waals surface area contributed by atoms with Gasteiger partial charge in [0, 0.05) is 19.2 Å². The van der Waals surface area contributed by atoms with Gasteiger partial charge in [0.15, 0.2) is 5.12 Å². The topological polar surface area (TPSA) is 95.9 Å². The second-order valence-corrected chi connectivity index (χ2v) is 6.76. The van der Waals surface area contributed by atoms with Crippen LogP contribution in [-0.4, -0.2) is 52.6 Å². The lowest BCUT2D eigenvalue weighted by Gasteiger charge is -2.30. The molecule has 0 aromatic heterocycles. The number of hydrogen-bond donors (Lipinski definition) is 2. The highest BCUT2D eigenvalue weighted by Crippen LogP contribution is 2.23. The van der Waals surface area contributed by atoms with Crippen LogP contribution in [0.25, 0.3) is 0 Å². The molecule has 138 valence electrons. The summed E-state index contributed by atoms with van der Waals surface area (Å²) in [5, 5.41) is 11.4. The average Bonchev–Trinajstić information content (AvgIpc) is 2.57. The predicted molar refractivity (Wildman–Crippen MR) is 96.9 cm³/mol. The Morgan fingerprint density at radius 3 is 2.32 bits per heavy atom. The highest BCUT2D eigenvalue weighted by Gasteiger charge is 2.24. The monoisotopic (exact) mass is 368 g/mol. The van der Waals surface area contributed by atoms with Gasteiger partial charge in [-0.25, -0.2) is 4.79 Å². The molecule has 0 aliphatic heterocycles. The molecule has 1 unspecified atom stereocenters. The van der Waals surface area contributed by atoms with Gasteiger partial charge in [-0.3, -0.25) is 9.59 Å². The van der Waals surface area contributed by atoms with Gasteiger partial charge in [0.1, 0.15) is 11.8 Å². The highest BCUT2D eigenvalue weighted by atomic mass is 32.2. The van der Waals surface area contributed by atoms with Crippen molar-refractivity contribution in [3.05, 3.63) is 29.8 Å². The number of hydrogen-bond acceptors (Lipinski definition) is 5. The summed E-state index contributed by atoms with van der Waals surface area (Å²) < 4.78 is 5.13. The van der Waals surface area contributed by atoms with E-state index in [2.05, 4.69) is 5.32 Å². The molecule has 0 radical (unpaired) electrons. The lowest BCUT2D eigenvalue weighted by atomic mass is 10.1. The van der Waals surface area contributed by atoms with Crippen LogP contribution in [0.4, 0.5) is 4.79 Å². The van der Waals surface area contributed by atoms with Gasteiger partial charge in [0.2, 0.25) is 0 Å². The van der Waals surface area contributed by atoms with Gasteiger partial charge in [0.25, 0.3) is 0 Å². The van der Waals surface area contributed by atoms with E-state index in [0.717, 1.165) is 17.3 Å². The van der Waals surface area contributed by atoms with Crippen molar-refractivity contribution >= 4 is 28.9 Å². The van der Waals surface area contributed by atoms with Crippen LogP contribution in [0.1, 0.15) is 32.4 Å². The molecule has 7 nitrogen and oxygen atoms in total. The first-order valence-electron chi connectivity index (χ1n) is 7.83. The van der Waals surface area contributed by atoms with Crippen LogP contribution in [0, 0.1) is 0 Å². The normalized spacial score (nSPS) is 12.8. The van der Waals surface area contributed by atoms with E-state index < -0.39 is 18.0 Å². The number of thioether (sulfide) groups is 1. The summed E-state index contributed by atoms with van der Waals surface area (Å²) in [5.74, 6) is 0.0344. The van der Waals surface area contributed by atoms with Crippen molar-refractivity contribution in [3.8, 4) is 5.75 Å². The summed E-state index contributed by atoms with van der Waals surface area (Å²) >= 11 is 1.12. The number of carbonyl (C=O) groups excluding carboxylic acids is 2. The zero-order chi connectivity index (χ0) is 19.0. The Morgan fingerprint density at radius 1 is 1.24 bits per heavy atom. The molecule has 2 atom stereocenters. The van der Waals surface area contributed by atoms with Crippen LogP contribution < -0.4 is 10.1 Å². The third-order valence-electron chi connectivity index (χ3n) is 3.67. The summed E-state index contributed by atoms with van der Waals surface area (Å²) in [5.41, 5.74) is 0.881. The first-order valence-corrected chi connectivity index (χ1v) is 8.82. The summed E-state index contributed by atoms with van der Waals surface area (Å²) in [4.78, 5) is 36.1. The van der Waals surface area contributed by atoms with E-state index in [1.807, 2.05) is 19.1 Å². The molecule has 0 bridgehead atoms. The number of methoxy groups -OCH3 is 1. The molecular formula is C17H24N2O5S. The van der Waals surface area contributed by atoms with Crippen LogP contribution in [0.5, 0.6) is 5.75 Å². The van der Waals surface area contributed by atoms with Gasteiger partial charge in [-0.05, 0) is 31.5 Å². The highest BCUT2D eigenvalue weighted by molar-refractivity contribution is 8.13. The van der Waals surface area contributed by atoms with Gasteiger partial charge in [0.05, 0.1) is 13.2 Å². The zero-order valence-electron chi connectivity index (χ0n) is 14.8. The molecule has 25 heavy (non-hydrogen) atoms. The number of urea groups is 1. The third kappa shape index (κ3) is 6.66. The number of benzene rings is 1. The van der Waals surface area contributed by atoms with Gasteiger partial charge < -0.3 is 20.1 Å². The maximum absolute atomic E-state index is 12.5. The Balaban J connectivity index is 2.91. The summed E-state index contributed by atoms with van der Waals surface area (Å²) in [6.07, 6.45) is 0. The first-order chi connectivity index (χ1) is 11.8. The minimum Gasteiger partial charge on any atom is -0.497 e. The van der Waals surface area contributed by atoms with Crippen molar-refractivity contribution in [2.45, 2.75) is 32.9 Å². The van der Waals surface area contributed by atoms with Crippen molar-refractivity contribution < 1.29 is 24.2 Å². The van der Waals surface area contributed by atoms with E-state index in [4.69, 9.17) is 9.84 Å². The fraction of sp³-hybridized carbons (Fsp3) is 0.471. The molecule has 0 saturated heterocycles. The Hall–Kier alpha value is -2.22. The maximum Gasteiger partial charge on any atom is 0.325 e. The van der Waals surface area contributed by atoms with Gasteiger partial charge in [-0.2, -0.15) is 0 Å². The molecule has 0 spiro atoms. The minimum atomic E-state index is -1.11. The SMILES string of the molecule is COc1ccc(C(C)N(CCSC(C)=O)C(=O)N[C@@H](C)C(=O)O)cc1. The summed E-state index contributed by atoms with van der Waals surface area (Å²) in [6, 6.07) is 5.52. The fourth-order valence-electron chi connectivity index (χ4n) is 2.15. The van der Waals surface area contributed by atoms with E-state index in [0.29, 0.717) is 18.0 Å². The maximum atomic E-state index is 12.5. The van der Waals surface area contributed by atoms with E-state index in [9.17, 15) is 14.4 Å². The Bertz CT molecular complexity index is 606. The zero-order valence-corrected chi connectivity index (χ0v) is 15.6. The van der Waals surface area contributed by atoms with Crippen LogP contribution in [0.15, 0.2) is 24.3 Å². The van der Waals surface area contributed by atoms with Crippen molar-refractivity contribution in [1.82, 2.24) is 10.2 Å². The first kappa shape index (κ1) is 20.8. The van der Waals surface area contributed by atoms with Gasteiger partial charge >= 0.3 is 12.0 Å². The standard InChI is InChI=1S/C17H24N2O5S/c1-11(16(21)22)18-17(23)19(9-10-25-13(3)20)12(2)14-5-7-15(24-4)8-6-14/h5-8,11-12H,9-10H2,1-4H3,(H,18,23)(H,21,22)/t11-,12?/m0/s1. The van der Waals surface area contributed by atoms with Gasteiger partial charge in [-0.1, -0.05) is 23.9 Å². The van der Waals surface area contributed by atoms with Crippen molar-refractivity contribution in [3.63, 3.8) is 0 Å². The minimum absolute atomic E-state index is 0.0311. The molecule has 0 heterocycles. The molecule has 0 aliphatic rings. The number of nitrogens with one attached hydrogen (secondary N) is 1. The molecule has 0 fully saturated rings. The predicted octanol–water partition coefficient (Wildman–Crippen LogP) is 2.52. The van der Waals surface area contributed by atoms with E-state index in [1.165, 1.54) is 18.7 Å². The Labute approximate surface area is 151 Å². The lowest BCUT2D eigenvalue weighted by molar-refractivity contribution is -0.138. The number of amides is 2. The Morgan fingerprint density at radius 2 is 1.84 bits per heavy atom. The molecule has 2 N–H and O–H groups in total. The van der Waals surface area contributed by atoms with Gasteiger partial charge in [-0.15, -0.1) is 0 Å². The quantitative estimate of drug-likeness (QED) is 0.732. The van der Waals surface area contributed by atoms with E-state index in [-0.39, 0.29) is 11.2 Å². The van der Waals surface area contributed by atoms with Crippen molar-refractivity contribution in [2.24, 2.45) is 0 Å².